The van der Waals surface area contributed by atoms with Crippen LogP contribution in [0, 0.1) is 11.7 Å². The van der Waals surface area contributed by atoms with Crippen LogP contribution in [-0.2, 0) is 4.74 Å². The van der Waals surface area contributed by atoms with Crippen molar-refractivity contribution < 1.29 is 13.9 Å². The van der Waals surface area contributed by atoms with Crippen LogP contribution in [0.5, 0.6) is 5.75 Å². The number of ether oxygens (including phenoxy) is 2. The minimum Gasteiger partial charge on any atom is -0.486 e. The molecule has 1 saturated heterocycles. The van der Waals surface area contributed by atoms with Crippen molar-refractivity contribution in [3.63, 3.8) is 0 Å². The van der Waals surface area contributed by atoms with Gasteiger partial charge in [0.25, 0.3) is 0 Å². The Balaban J connectivity index is 2.12. The predicted octanol–water partition coefficient (Wildman–Crippen LogP) is 3.79. The van der Waals surface area contributed by atoms with Crippen LogP contribution in [-0.4, -0.2) is 18.8 Å². The van der Waals surface area contributed by atoms with Gasteiger partial charge in [0.2, 0.25) is 0 Å². The molecule has 0 aromatic heterocycles. The van der Waals surface area contributed by atoms with E-state index in [9.17, 15) is 4.39 Å². The molecule has 0 amide bonds. The summed E-state index contributed by atoms with van der Waals surface area (Å²) in [6, 6.07) is 3.17. The summed E-state index contributed by atoms with van der Waals surface area (Å²) in [4.78, 5) is 0. The van der Waals surface area contributed by atoms with Gasteiger partial charge < -0.3 is 9.47 Å². The molecule has 96 valence electrons. The lowest BCUT2D eigenvalue weighted by atomic mass is 9.76. The fourth-order valence-electron chi connectivity index (χ4n) is 2.72. The topological polar surface area (TPSA) is 18.5 Å². The molecule has 0 N–H and O–H groups in total. The van der Waals surface area contributed by atoms with E-state index in [2.05, 4.69) is 22.5 Å². The molecular weight excluding hydrogens is 299 g/mol. The molecule has 2 aliphatic heterocycles. The molecule has 0 saturated carbocycles. The molecule has 2 heterocycles. The van der Waals surface area contributed by atoms with Gasteiger partial charge in [0, 0.05) is 24.0 Å². The Bertz CT molecular complexity index is 529. The van der Waals surface area contributed by atoms with Crippen LogP contribution in [0.1, 0.15) is 18.9 Å². The lowest BCUT2D eigenvalue weighted by Crippen LogP contribution is -2.50. The maximum Gasteiger partial charge on any atom is 0.141 e. The number of hydrogen-bond donors (Lipinski definition) is 0. The summed E-state index contributed by atoms with van der Waals surface area (Å²) in [7, 11) is 0. The molecule has 18 heavy (non-hydrogen) atoms. The molecule has 0 bridgehead atoms. The zero-order valence-electron chi connectivity index (χ0n) is 10.1. The van der Waals surface area contributed by atoms with Gasteiger partial charge in [-0.3, -0.25) is 0 Å². The van der Waals surface area contributed by atoms with Gasteiger partial charge in [0.15, 0.2) is 0 Å². The standard InChI is InChI=1S/C14H14BrFO2/c1-8-9-5-11(15)12(16)6-13(9)18-14(2)3-4-17-7-10(8)14/h5-6,10H,1,3-4,7H2,2H3/t10?,14-/m0/s1. The summed E-state index contributed by atoms with van der Waals surface area (Å²) >= 11 is 3.20. The third-order valence-electron chi connectivity index (χ3n) is 3.90. The van der Waals surface area contributed by atoms with Crippen LogP contribution < -0.4 is 4.74 Å². The van der Waals surface area contributed by atoms with Crippen LogP contribution in [0.2, 0.25) is 0 Å². The van der Waals surface area contributed by atoms with Crippen molar-refractivity contribution in [1.29, 1.82) is 0 Å². The molecule has 2 nitrogen and oxygen atoms in total. The first-order valence-corrected chi connectivity index (χ1v) is 6.75. The number of hydrogen-bond acceptors (Lipinski definition) is 2. The zero-order valence-corrected chi connectivity index (χ0v) is 11.7. The van der Waals surface area contributed by atoms with Crippen LogP contribution in [0.3, 0.4) is 0 Å². The van der Waals surface area contributed by atoms with E-state index in [0.29, 0.717) is 23.4 Å². The van der Waals surface area contributed by atoms with Crippen molar-refractivity contribution in [1.82, 2.24) is 0 Å². The van der Waals surface area contributed by atoms with Crippen LogP contribution in [0.4, 0.5) is 4.39 Å². The summed E-state index contributed by atoms with van der Waals surface area (Å²) in [5, 5.41) is 0. The Morgan fingerprint density at radius 3 is 3.06 bits per heavy atom. The molecule has 4 heteroatoms. The van der Waals surface area contributed by atoms with E-state index in [1.54, 1.807) is 6.07 Å². The second kappa shape index (κ2) is 4.07. The monoisotopic (exact) mass is 312 g/mol. The molecular formula is C14H14BrFO2. The molecule has 3 rings (SSSR count). The fourth-order valence-corrected chi connectivity index (χ4v) is 3.06. The van der Waals surface area contributed by atoms with Crippen molar-refractivity contribution in [2.24, 2.45) is 5.92 Å². The molecule has 2 atom stereocenters. The maximum atomic E-state index is 13.6. The Hall–Kier alpha value is -0.870. The number of benzene rings is 1. The van der Waals surface area contributed by atoms with Gasteiger partial charge in [-0.25, -0.2) is 4.39 Å². The Morgan fingerprint density at radius 1 is 1.50 bits per heavy atom. The largest absolute Gasteiger partial charge is 0.486 e. The van der Waals surface area contributed by atoms with Crippen LogP contribution >= 0.6 is 15.9 Å². The fraction of sp³-hybridized carbons (Fsp3) is 0.429. The van der Waals surface area contributed by atoms with E-state index in [-0.39, 0.29) is 17.3 Å². The highest BCUT2D eigenvalue weighted by atomic mass is 79.9. The smallest absolute Gasteiger partial charge is 0.141 e. The normalized spacial score (nSPS) is 30.4. The molecule has 1 aromatic rings. The summed E-state index contributed by atoms with van der Waals surface area (Å²) in [6.07, 6.45) is 0.799. The third-order valence-corrected chi connectivity index (χ3v) is 4.50. The van der Waals surface area contributed by atoms with E-state index in [4.69, 9.17) is 9.47 Å². The van der Waals surface area contributed by atoms with Gasteiger partial charge in [-0.2, -0.15) is 0 Å². The predicted molar refractivity (Wildman–Crippen MR) is 71.1 cm³/mol. The van der Waals surface area contributed by atoms with Gasteiger partial charge in [-0.05, 0) is 34.5 Å². The molecule has 0 aliphatic carbocycles. The Morgan fingerprint density at radius 2 is 2.28 bits per heavy atom. The minimum absolute atomic E-state index is 0.135. The zero-order chi connectivity index (χ0) is 12.9. The van der Waals surface area contributed by atoms with E-state index >= 15 is 0 Å². The minimum atomic E-state index is -0.331. The molecule has 1 unspecified atom stereocenters. The average molecular weight is 313 g/mol. The van der Waals surface area contributed by atoms with Gasteiger partial charge >= 0.3 is 0 Å². The summed E-state index contributed by atoms with van der Waals surface area (Å²) in [6.45, 7) is 7.49. The van der Waals surface area contributed by atoms with Gasteiger partial charge in [-0.15, -0.1) is 0 Å². The highest BCUT2D eigenvalue weighted by molar-refractivity contribution is 9.10. The van der Waals surface area contributed by atoms with Crippen molar-refractivity contribution >= 4 is 21.5 Å². The molecule has 2 aliphatic rings. The molecule has 1 aromatic carbocycles. The first-order chi connectivity index (χ1) is 8.51. The van der Waals surface area contributed by atoms with Crippen LogP contribution in [0.15, 0.2) is 23.2 Å². The van der Waals surface area contributed by atoms with Gasteiger partial charge in [0.05, 0.1) is 17.7 Å². The van der Waals surface area contributed by atoms with Crippen molar-refractivity contribution in [3.8, 4) is 5.75 Å². The Labute approximate surface area is 114 Å². The SMILES string of the molecule is C=C1c2cc(Br)c(F)cc2O[C@@]2(C)CCOCC12. The molecule has 1 fully saturated rings. The van der Waals surface area contributed by atoms with E-state index in [0.717, 1.165) is 17.6 Å². The van der Waals surface area contributed by atoms with Crippen molar-refractivity contribution in [2.45, 2.75) is 18.9 Å². The number of rotatable bonds is 0. The second-order valence-corrected chi connectivity index (χ2v) is 5.93. The number of fused-ring (bicyclic) bond motifs is 2. The number of halogens is 2. The second-order valence-electron chi connectivity index (χ2n) is 5.08. The highest BCUT2D eigenvalue weighted by Gasteiger charge is 2.45. The van der Waals surface area contributed by atoms with Crippen LogP contribution in [0.25, 0.3) is 5.57 Å². The van der Waals surface area contributed by atoms with Gasteiger partial charge in [0.1, 0.15) is 17.2 Å². The van der Waals surface area contributed by atoms with E-state index < -0.39 is 0 Å². The molecule has 0 spiro atoms. The Kier molecular flexibility index (Phi) is 2.75. The summed E-state index contributed by atoms with van der Waals surface area (Å²) < 4.78 is 25.6. The highest BCUT2D eigenvalue weighted by Crippen LogP contribution is 2.47. The van der Waals surface area contributed by atoms with E-state index in [1.165, 1.54) is 6.07 Å². The quantitative estimate of drug-likeness (QED) is 0.725. The summed E-state index contributed by atoms with van der Waals surface area (Å²) in [5.41, 5.74) is 1.51. The lowest BCUT2D eigenvalue weighted by Gasteiger charge is -2.46. The third kappa shape index (κ3) is 1.70. The maximum absolute atomic E-state index is 13.6. The average Bonchev–Trinajstić information content (AvgIpc) is 2.32. The molecule has 0 radical (unpaired) electrons. The van der Waals surface area contributed by atoms with Crippen molar-refractivity contribution in [3.05, 3.63) is 34.6 Å². The van der Waals surface area contributed by atoms with Crippen molar-refractivity contribution in [2.75, 3.05) is 13.2 Å². The van der Waals surface area contributed by atoms with Gasteiger partial charge in [-0.1, -0.05) is 6.58 Å². The lowest BCUT2D eigenvalue weighted by molar-refractivity contribution is -0.0686. The summed E-state index contributed by atoms with van der Waals surface area (Å²) in [5.74, 6) is 0.410. The first kappa shape index (κ1) is 12.2. The van der Waals surface area contributed by atoms with E-state index in [1.807, 2.05) is 6.92 Å². The first-order valence-electron chi connectivity index (χ1n) is 5.96.